The van der Waals surface area contributed by atoms with Gasteiger partial charge in [0.15, 0.2) is 0 Å². The van der Waals surface area contributed by atoms with Crippen molar-refractivity contribution >= 4 is 17.3 Å². The summed E-state index contributed by atoms with van der Waals surface area (Å²) >= 11 is 6.48. The molecule has 114 valence electrons. The van der Waals surface area contributed by atoms with Crippen molar-refractivity contribution in [1.82, 2.24) is 5.32 Å². The van der Waals surface area contributed by atoms with Gasteiger partial charge in [-0.1, -0.05) is 37.9 Å². The predicted molar refractivity (Wildman–Crippen MR) is 90.9 cm³/mol. The number of halogens is 1. The maximum absolute atomic E-state index is 6.48. The topological polar surface area (TPSA) is 15.3 Å². The van der Waals surface area contributed by atoms with Gasteiger partial charge in [-0.15, -0.1) is 0 Å². The molecule has 0 bridgehead atoms. The lowest BCUT2D eigenvalue weighted by Gasteiger charge is -2.28. The second kappa shape index (κ2) is 8.53. The Labute approximate surface area is 129 Å². The minimum atomic E-state index is 0.347. The number of hydrogen-bond donors (Lipinski definition) is 1. The maximum Gasteiger partial charge on any atom is 0.0642 e. The van der Waals surface area contributed by atoms with E-state index in [0.29, 0.717) is 12.1 Å². The van der Waals surface area contributed by atoms with Crippen LogP contribution in [0, 0.1) is 0 Å². The molecule has 3 heteroatoms. The minimum absolute atomic E-state index is 0.347. The average molecular weight is 297 g/mol. The van der Waals surface area contributed by atoms with E-state index in [2.05, 4.69) is 63.2 Å². The zero-order valence-corrected chi connectivity index (χ0v) is 14.3. The van der Waals surface area contributed by atoms with E-state index < -0.39 is 0 Å². The van der Waals surface area contributed by atoms with Crippen molar-refractivity contribution in [2.45, 2.75) is 59.0 Å². The van der Waals surface area contributed by atoms with Gasteiger partial charge in [0.25, 0.3) is 0 Å². The van der Waals surface area contributed by atoms with Crippen LogP contribution in [0.5, 0.6) is 0 Å². The third kappa shape index (κ3) is 4.68. The first-order chi connectivity index (χ1) is 9.51. The summed E-state index contributed by atoms with van der Waals surface area (Å²) in [6, 6.07) is 7.29. The fourth-order valence-electron chi connectivity index (χ4n) is 2.41. The number of nitrogens with zero attached hydrogens (tertiary/aromatic N) is 1. The minimum Gasteiger partial charge on any atom is -0.371 e. The van der Waals surface area contributed by atoms with E-state index in [1.165, 1.54) is 18.4 Å². The van der Waals surface area contributed by atoms with E-state index in [0.717, 1.165) is 23.7 Å². The van der Waals surface area contributed by atoms with Crippen molar-refractivity contribution in [3.63, 3.8) is 0 Å². The summed E-state index contributed by atoms with van der Waals surface area (Å²) in [7, 11) is 2.12. The van der Waals surface area contributed by atoms with Crippen molar-refractivity contribution in [3.8, 4) is 0 Å². The molecule has 0 aliphatic carbocycles. The van der Waals surface area contributed by atoms with Crippen LogP contribution in [0.2, 0.25) is 5.02 Å². The fourth-order valence-corrected chi connectivity index (χ4v) is 2.73. The predicted octanol–water partition coefficient (Wildman–Crippen LogP) is 5.03. The van der Waals surface area contributed by atoms with Crippen LogP contribution in [0.15, 0.2) is 18.2 Å². The Kier molecular flexibility index (Phi) is 7.39. The highest BCUT2D eigenvalue weighted by molar-refractivity contribution is 6.33. The lowest BCUT2D eigenvalue weighted by atomic mass is 10.1. The Morgan fingerprint density at radius 2 is 1.90 bits per heavy atom. The van der Waals surface area contributed by atoms with Gasteiger partial charge < -0.3 is 10.2 Å². The standard InChI is InChI=1S/C17H29ClN2/c1-6-8-13(3)20(5)17-10-9-15(12-16(17)18)14(4)19-11-7-2/h9-10,12-14,19H,6-8,11H2,1-5H3. The fraction of sp³-hybridized carbons (Fsp3) is 0.647. The second-order valence-electron chi connectivity index (χ2n) is 5.64. The maximum atomic E-state index is 6.48. The molecule has 2 atom stereocenters. The van der Waals surface area contributed by atoms with Crippen LogP contribution in [0.3, 0.4) is 0 Å². The van der Waals surface area contributed by atoms with Gasteiger partial charge in [-0.3, -0.25) is 0 Å². The van der Waals surface area contributed by atoms with Gasteiger partial charge >= 0.3 is 0 Å². The van der Waals surface area contributed by atoms with E-state index >= 15 is 0 Å². The average Bonchev–Trinajstić information content (AvgIpc) is 2.44. The summed E-state index contributed by atoms with van der Waals surface area (Å²) < 4.78 is 0. The molecule has 0 heterocycles. The van der Waals surface area contributed by atoms with Crippen LogP contribution in [0.4, 0.5) is 5.69 Å². The summed E-state index contributed by atoms with van der Waals surface area (Å²) in [5.74, 6) is 0. The first-order valence-corrected chi connectivity index (χ1v) is 8.14. The molecule has 1 aromatic carbocycles. The van der Waals surface area contributed by atoms with Gasteiger partial charge in [0, 0.05) is 19.1 Å². The van der Waals surface area contributed by atoms with E-state index in [9.17, 15) is 0 Å². The number of hydrogen-bond acceptors (Lipinski definition) is 2. The summed E-state index contributed by atoms with van der Waals surface area (Å²) in [5, 5.41) is 4.34. The lowest BCUT2D eigenvalue weighted by molar-refractivity contribution is 0.570. The summed E-state index contributed by atoms with van der Waals surface area (Å²) in [5.41, 5.74) is 2.38. The highest BCUT2D eigenvalue weighted by Gasteiger charge is 2.14. The van der Waals surface area contributed by atoms with Crippen molar-refractivity contribution in [3.05, 3.63) is 28.8 Å². The molecular formula is C17H29ClN2. The highest BCUT2D eigenvalue weighted by Crippen LogP contribution is 2.30. The Morgan fingerprint density at radius 1 is 1.20 bits per heavy atom. The number of rotatable bonds is 8. The number of benzene rings is 1. The van der Waals surface area contributed by atoms with Crippen LogP contribution in [-0.4, -0.2) is 19.6 Å². The molecule has 0 aromatic heterocycles. The zero-order valence-electron chi connectivity index (χ0n) is 13.5. The SMILES string of the molecule is CCCNC(C)c1ccc(N(C)C(C)CCC)c(Cl)c1. The van der Waals surface area contributed by atoms with E-state index in [4.69, 9.17) is 11.6 Å². The van der Waals surface area contributed by atoms with Crippen LogP contribution in [0.1, 0.15) is 58.6 Å². The quantitative estimate of drug-likeness (QED) is 0.724. The second-order valence-corrected chi connectivity index (χ2v) is 6.04. The van der Waals surface area contributed by atoms with Gasteiger partial charge in [0.1, 0.15) is 0 Å². The summed E-state index contributed by atoms with van der Waals surface area (Å²) in [4.78, 5) is 2.28. The molecule has 1 N–H and O–H groups in total. The molecule has 0 radical (unpaired) electrons. The Morgan fingerprint density at radius 3 is 2.45 bits per heavy atom. The smallest absolute Gasteiger partial charge is 0.0642 e. The van der Waals surface area contributed by atoms with E-state index in [1.807, 2.05) is 0 Å². The summed E-state index contributed by atoms with van der Waals surface area (Å²) in [6.07, 6.45) is 3.52. The Bertz CT molecular complexity index is 406. The monoisotopic (exact) mass is 296 g/mol. The first kappa shape index (κ1) is 17.3. The largest absolute Gasteiger partial charge is 0.371 e. The molecule has 0 aliphatic heterocycles. The molecule has 0 fully saturated rings. The van der Waals surface area contributed by atoms with Gasteiger partial charge in [-0.2, -0.15) is 0 Å². The molecule has 0 spiro atoms. The molecule has 1 rings (SSSR count). The van der Waals surface area contributed by atoms with Crippen molar-refractivity contribution < 1.29 is 0 Å². The van der Waals surface area contributed by atoms with Crippen molar-refractivity contribution in [2.75, 3.05) is 18.5 Å². The van der Waals surface area contributed by atoms with Crippen LogP contribution in [0.25, 0.3) is 0 Å². The van der Waals surface area contributed by atoms with Gasteiger partial charge in [-0.25, -0.2) is 0 Å². The van der Waals surface area contributed by atoms with E-state index in [1.54, 1.807) is 0 Å². The molecular weight excluding hydrogens is 268 g/mol. The van der Waals surface area contributed by atoms with Crippen molar-refractivity contribution in [1.29, 1.82) is 0 Å². The zero-order chi connectivity index (χ0) is 15.1. The molecule has 2 nitrogen and oxygen atoms in total. The first-order valence-electron chi connectivity index (χ1n) is 7.76. The number of anilines is 1. The molecule has 0 aliphatic rings. The van der Waals surface area contributed by atoms with Gasteiger partial charge in [-0.05, 0) is 50.9 Å². The van der Waals surface area contributed by atoms with Crippen LogP contribution >= 0.6 is 11.6 Å². The van der Waals surface area contributed by atoms with Gasteiger partial charge in [0.2, 0.25) is 0 Å². The van der Waals surface area contributed by atoms with Crippen LogP contribution in [-0.2, 0) is 0 Å². The molecule has 0 saturated carbocycles. The molecule has 0 amide bonds. The van der Waals surface area contributed by atoms with E-state index in [-0.39, 0.29) is 0 Å². The molecule has 0 saturated heterocycles. The lowest BCUT2D eigenvalue weighted by Crippen LogP contribution is -2.28. The van der Waals surface area contributed by atoms with Gasteiger partial charge in [0.05, 0.1) is 10.7 Å². The molecule has 2 unspecified atom stereocenters. The Balaban J connectivity index is 2.82. The molecule has 1 aromatic rings. The summed E-state index contributed by atoms with van der Waals surface area (Å²) in [6.45, 7) is 9.87. The van der Waals surface area contributed by atoms with Crippen LogP contribution < -0.4 is 10.2 Å². The Hall–Kier alpha value is -0.730. The normalized spacial score (nSPS) is 14.1. The third-order valence-electron chi connectivity index (χ3n) is 3.92. The highest BCUT2D eigenvalue weighted by atomic mass is 35.5. The van der Waals surface area contributed by atoms with Crippen molar-refractivity contribution in [2.24, 2.45) is 0 Å². The third-order valence-corrected chi connectivity index (χ3v) is 4.22. The molecule has 20 heavy (non-hydrogen) atoms. The number of nitrogens with one attached hydrogen (secondary N) is 1.